The molecule has 6 nitrogen and oxygen atoms in total. The zero-order chi connectivity index (χ0) is 22.4. The summed E-state index contributed by atoms with van der Waals surface area (Å²) in [6, 6.07) is 21.7. The maximum absolute atomic E-state index is 13.7. The Labute approximate surface area is 190 Å². The molecule has 0 saturated carbocycles. The highest BCUT2D eigenvalue weighted by Gasteiger charge is 2.60. The number of anilines is 2. The number of benzene rings is 3. The van der Waals surface area contributed by atoms with Crippen molar-refractivity contribution in [2.45, 2.75) is 19.1 Å². The number of nitrogens with zero attached hydrogens (tertiary/aromatic N) is 2. The number of para-hydroxylation sites is 1. The Balaban J connectivity index is 1.61. The molecule has 0 aliphatic carbocycles. The molecule has 32 heavy (non-hydrogen) atoms. The molecule has 2 aliphatic rings. The first-order valence-electron chi connectivity index (χ1n) is 10.3. The van der Waals surface area contributed by atoms with Crippen LogP contribution >= 0.6 is 11.6 Å². The fourth-order valence-corrected chi connectivity index (χ4v) is 4.62. The van der Waals surface area contributed by atoms with Gasteiger partial charge in [0, 0.05) is 5.02 Å². The van der Waals surface area contributed by atoms with Crippen LogP contribution in [-0.2, 0) is 14.4 Å². The fraction of sp³-hybridized carbons (Fsp3) is 0.200. The smallest absolute Gasteiger partial charge is 0.266 e. The Kier molecular flexibility index (Phi) is 5.12. The second kappa shape index (κ2) is 7.97. The molecule has 0 N–H and O–H groups in total. The number of carbonyl (C=O) groups excluding carboxylic acids is 2. The van der Waals surface area contributed by atoms with E-state index >= 15 is 0 Å². The standard InChI is InChI=1S/C25H21ClN2O4/c1-15-19(26)12-7-13-20(15)27-24(29)21-22(16-8-6-11-18(14-16)31-2)28(32-23(21)25(27)30)17-9-4-3-5-10-17/h3-14,21-23H,1-2H3/t21-,22-,23-/m0/s1. The largest absolute Gasteiger partial charge is 0.497 e. The molecule has 0 unspecified atom stereocenters. The van der Waals surface area contributed by atoms with Gasteiger partial charge in [0.25, 0.3) is 5.91 Å². The number of rotatable bonds is 4. The molecule has 0 aromatic heterocycles. The molecular weight excluding hydrogens is 428 g/mol. The van der Waals surface area contributed by atoms with Crippen molar-refractivity contribution in [1.29, 1.82) is 0 Å². The average Bonchev–Trinajstić information content (AvgIpc) is 3.33. The van der Waals surface area contributed by atoms with Gasteiger partial charge in [0.2, 0.25) is 5.91 Å². The number of amides is 2. The van der Waals surface area contributed by atoms with Crippen molar-refractivity contribution in [1.82, 2.24) is 0 Å². The molecule has 5 rings (SSSR count). The lowest BCUT2D eigenvalue weighted by Gasteiger charge is -2.29. The van der Waals surface area contributed by atoms with Crippen LogP contribution in [0, 0.1) is 12.8 Å². The summed E-state index contributed by atoms with van der Waals surface area (Å²) in [6.45, 7) is 1.79. The summed E-state index contributed by atoms with van der Waals surface area (Å²) >= 11 is 6.27. The summed E-state index contributed by atoms with van der Waals surface area (Å²) in [5.74, 6) is -0.750. The van der Waals surface area contributed by atoms with Crippen molar-refractivity contribution in [3.63, 3.8) is 0 Å². The molecule has 2 heterocycles. The molecule has 3 atom stereocenters. The maximum Gasteiger partial charge on any atom is 0.266 e. The molecular formula is C25H21ClN2O4. The van der Waals surface area contributed by atoms with Crippen molar-refractivity contribution in [2.24, 2.45) is 5.92 Å². The van der Waals surface area contributed by atoms with Crippen LogP contribution in [0.15, 0.2) is 72.8 Å². The van der Waals surface area contributed by atoms with E-state index in [-0.39, 0.29) is 5.91 Å². The lowest BCUT2D eigenvalue weighted by atomic mass is 9.90. The molecule has 162 valence electrons. The van der Waals surface area contributed by atoms with Gasteiger partial charge in [-0.1, -0.05) is 48.0 Å². The van der Waals surface area contributed by atoms with E-state index in [2.05, 4.69) is 0 Å². The predicted octanol–water partition coefficient (Wildman–Crippen LogP) is 4.71. The molecule has 2 aliphatic heterocycles. The van der Waals surface area contributed by atoms with Gasteiger partial charge >= 0.3 is 0 Å². The van der Waals surface area contributed by atoms with E-state index in [4.69, 9.17) is 21.2 Å². The van der Waals surface area contributed by atoms with E-state index in [1.807, 2.05) is 54.6 Å². The summed E-state index contributed by atoms with van der Waals surface area (Å²) in [5, 5.41) is 2.17. The van der Waals surface area contributed by atoms with E-state index in [9.17, 15) is 9.59 Å². The summed E-state index contributed by atoms with van der Waals surface area (Å²) in [7, 11) is 1.59. The molecule has 2 fully saturated rings. The van der Waals surface area contributed by atoms with Gasteiger partial charge in [0.05, 0.1) is 24.5 Å². The second-order valence-electron chi connectivity index (χ2n) is 7.83. The zero-order valence-corrected chi connectivity index (χ0v) is 18.3. The van der Waals surface area contributed by atoms with Crippen LogP contribution < -0.4 is 14.7 Å². The van der Waals surface area contributed by atoms with Crippen LogP contribution in [0.4, 0.5) is 11.4 Å². The number of hydroxylamine groups is 1. The monoisotopic (exact) mass is 448 g/mol. The van der Waals surface area contributed by atoms with Crippen LogP contribution in [0.2, 0.25) is 5.02 Å². The van der Waals surface area contributed by atoms with Gasteiger partial charge in [-0.25, -0.2) is 9.96 Å². The number of hydrogen-bond acceptors (Lipinski definition) is 5. The van der Waals surface area contributed by atoms with Crippen molar-refractivity contribution >= 4 is 34.8 Å². The van der Waals surface area contributed by atoms with E-state index in [1.165, 1.54) is 4.90 Å². The van der Waals surface area contributed by atoms with Gasteiger partial charge in [-0.05, 0) is 54.4 Å². The van der Waals surface area contributed by atoms with Crippen LogP contribution in [0.3, 0.4) is 0 Å². The molecule has 7 heteroatoms. The first-order chi connectivity index (χ1) is 15.5. The minimum Gasteiger partial charge on any atom is -0.497 e. The van der Waals surface area contributed by atoms with Gasteiger partial charge in [0.15, 0.2) is 6.10 Å². The highest BCUT2D eigenvalue weighted by molar-refractivity contribution is 6.32. The number of carbonyl (C=O) groups is 2. The maximum atomic E-state index is 13.7. The second-order valence-corrected chi connectivity index (χ2v) is 8.24. The summed E-state index contributed by atoms with van der Waals surface area (Å²) < 4.78 is 5.40. The van der Waals surface area contributed by atoms with Gasteiger partial charge < -0.3 is 4.74 Å². The molecule has 0 radical (unpaired) electrons. The number of halogens is 1. The fourth-order valence-electron chi connectivity index (χ4n) is 4.45. The van der Waals surface area contributed by atoms with E-state index in [1.54, 1.807) is 37.3 Å². The van der Waals surface area contributed by atoms with Crippen molar-refractivity contribution in [3.05, 3.63) is 88.9 Å². The van der Waals surface area contributed by atoms with Gasteiger partial charge in [-0.2, -0.15) is 0 Å². The van der Waals surface area contributed by atoms with Crippen LogP contribution in [0.1, 0.15) is 17.2 Å². The number of imide groups is 1. The Morgan fingerprint density at radius 1 is 0.938 bits per heavy atom. The molecule has 2 amide bonds. The number of hydrogen-bond donors (Lipinski definition) is 0. The van der Waals surface area contributed by atoms with E-state index < -0.39 is 24.0 Å². The number of methoxy groups -OCH3 is 1. The molecule has 0 bridgehead atoms. The minimum absolute atomic E-state index is 0.309. The van der Waals surface area contributed by atoms with Crippen molar-refractivity contribution in [3.8, 4) is 5.75 Å². The van der Waals surface area contributed by atoms with Crippen molar-refractivity contribution in [2.75, 3.05) is 17.1 Å². The first-order valence-corrected chi connectivity index (χ1v) is 10.7. The quantitative estimate of drug-likeness (QED) is 0.541. The third kappa shape index (κ3) is 3.15. The molecule has 2 saturated heterocycles. The van der Waals surface area contributed by atoms with Crippen LogP contribution in [-0.4, -0.2) is 25.0 Å². The molecule has 3 aromatic rings. The Hall–Kier alpha value is -3.35. The zero-order valence-electron chi connectivity index (χ0n) is 17.6. The average molecular weight is 449 g/mol. The van der Waals surface area contributed by atoms with E-state index in [0.29, 0.717) is 22.0 Å². The van der Waals surface area contributed by atoms with Gasteiger partial charge in [0.1, 0.15) is 11.7 Å². The Morgan fingerprint density at radius 2 is 1.69 bits per heavy atom. The third-order valence-corrected chi connectivity index (χ3v) is 6.45. The summed E-state index contributed by atoms with van der Waals surface area (Å²) in [6.07, 6.45) is -0.933. The lowest BCUT2D eigenvalue weighted by Crippen LogP contribution is -2.37. The van der Waals surface area contributed by atoms with Crippen LogP contribution in [0.25, 0.3) is 0 Å². The van der Waals surface area contributed by atoms with Crippen LogP contribution in [0.5, 0.6) is 5.75 Å². The number of fused-ring (bicyclic) bond motifs is 1. The normalized spacial score (nSPS) is 22.4. The third-order valence-electron chi connectivity index (χ3n) is 6.04. The van der Waals surface area contributed by atoms with Gasteiger partial charge in [-0.3, -0.25) is 14.4 Å². The predicted molar refractivity (Wildman–Crippen MR) is 122 cm³/mol. The Morgan fingerprint density at radius 3 is 2.44 bits per heavy atom. The van der Waals surface area contributed by atoms with E-state index in [0.717, 1.165) is 11.3 Å². The summed E-state index contributed by atoms with van der Waals surface area (Å²) in [5.41, 5.74) is 2.75. The Bertz CT molecular complexity index is 1200. The number of ether oxygens (including phenoxy) is 1. The first kappa shape index (κ1) is 20.5. The minimum atomic E-state index is -0.933. The van der Waals surface area contributed by atoms with Crippen molar-refractivity contribution < 1.29 is 19.2 Å². The molecule has 0 spiro atoms. The molecule has 3 aromatic carbocycles. The van der Waals surface area contributed by atoms with Gasteiger partial charge in [-0.15, -0.1) is 0 Å². The lowest BCUT2D eigenvalue weighted by molar-refractivity contribution is -0.126. The summed E-state index contributed by atoms with van der Waals surface area (Å²) in [4.78, 5) is 34.5. The highest BCUT2D eigenvalue weighted by Crippen LogP contribution is 2.48. The SMILES string of the molecule is COc1cccc([C@H]2[C@@H]3C(=O)N(c4cccc(Cl)c4C)C(=O)[C@H]3ON2c2ccccc2)c1. The topological polar surface area (TPSA) is 59.1 Å². The highest BCUT2D eigenvalue weighted by atomic mass is 35.5.